The monoisotopic (exact) mass is 312 g/mol. The normalized spacial score (nSPS) is 12.7. The van der Waals surface area contributed by atoms with Crippen LogP contribution in [0.3, 0.4) is 0 Å². The number of hydrogen-bond donors (Lipinski definition) is 2. The predicted octanol–water partition coefficient (Wildman–Crippen LogP) is 3.24. The van der Waals surface area contributed by atoms with Gasteiger partial charge in [0.2, 0.25) is 0 Å². The third kappa shape index (κ3) is 2.98. The van der Waals surface area contributed by atoms with Crippen molar-refractivity contribution in [1.29, 1.82) is 0 Å². The maximum atomic E-state index is 13.1. The number of nitrogens with two attached hydrogens (primary N) is 1. The molecule has 1 aromatic carbocycles. The number of nitrogens with one attached hydrogen (secondary N) is 1. The summed E-state index contributed by atoms with van der Waals surface area (Å²) in [6.07, 6.45) is 2.34. The van der Waals surface area contributed by atoms with Crippen molar-refractivity contribution in [2.45, 2.75) is 19.4 Å². The van der Waals surface area contributed by atoms with Gasteiger partial charge in [-0.3, -0.25) is 11.3 Å². The lowest BCUT2D eigenvalue weighted by Gasteiger charge is -2.14. The van der Waals surface area contributed by atoms with Crippen molar-refractivity contribution in [3.63, 3.8) is 0 Å². The number of hydrogen-bond acceptors (Lipinski definition) is 3. The Labute approximate surface area is 113 Å². The van der Waals surface area contributed by atoms with Gasteiger partial charge in [0.05, 0.1) is 16.8 Å². The topological polar surface area (TPSA) is 51.2 Å². The van der Waals surface area contributed by atoms with Crippen molar-refractivity contribution in [2.24, 2.45) is 5.84 Å². The van der Waals surface area contributed by atoms with Crippen LogP contribution in [0.25, 0.3) is 0 Å². The highest BCUT2D eigenvalue weighted by atomic mass is 79.9. The Morgan fingerprint density at radius 3 is 2.78 bits per heavy atom. The first-order valence-electron chi connectivity index (χ1n) is 5.55. The molecule has 3 nitrogen and oxygen atoms in total. The molecule has 1 aromatic heterocycles. The standard InChI is InChI=1S/C13H14BrFN2O/c1-8-4-10(7-18-8)13(17-16)6-9-2-3-12(15)11(14)5-9/h2-5,7,13,17H,6,16H2,1H3. The molecule has 0 saturated heterocycles. The van der Waals surface area contributed by atoms with E-state index in [1.807, 2.05) is 13.0 Å². The van der Waals surface area contributed by atoms with Crippen LogP contribution in [0.5, 0.6) is 0 Å². The minimum Gasteiger partial charge on any atom is -0.469 e. The van der Waals surface area contributed by atoms with Crippen LogP contribution >= 0.6 is 15.9 Å². The number of aryl methyl sites for hydroxylation is 1. The Balaban J connectivity index is 2.17. The highest BCUT2D eigenvalue weighted by Crippen LogP contribution is 2.23. The quantitative estimate of drug-likeness (QED) is 0.673. The summed E-state index contributed by atoms with van der Waals surface area (Å²) in [5.41, 5.74) is 4.72. The molecule has 1 atom stereocenters. The largest absolute Gasteiger partial charge is 0.469 e. The summed E-state index contributed by atoms with van der Waals surface area (Å²) in [5, 5.41) is 0. The second-order valence-corrected chi connectivity index (χ2v) is 5.02. The molecule has 0 aliphatic rings. The smallest absolute Gasteiger partial charge is 0.137 e. The first-order chi connectivity index (χ1) is 8.60. The van der Waals surface area contributed by atoms with E-state index in [0.717, 1.165) is 16.9 Å². The summed E-state index contributed by atoms with van der Waals surface area (Å²) >= 11 is 3.17. The molecule has 1 unspecified atom stereocenters. The maximum Gasteiger partial charge on any atom is 0.137 e. The van der Waals surface area contributed by atoms with Crippen molar-refractivity contribution in [3.8, 4) is 0 Å². The molecule has 2 aromatic rings. The van der Waals surface area contributed by atoms with Crippen LogP contribution in [0, 0.1) is 12.7 Å². The van der Waals surface area contributed by atoms with Gasteiger partial charge in [0.1, 0.15) is 11.6 Å². The zero-order valence-corrected chi connectivity index (χ0v) is 11.5. The van der Waals surface area contributed by atoms with Crippen molar-refractivity contribution in [3.05, 3.63) is 57.7 Å². The first kappa shape index (κ1) is 13.3. The van der Waals surface area contributed by atoms with Gasteiger partial charge in [0.15, 0.2) is 0 Å². The van der Waals surface area contributed by atoms with Gasteiger partial charge in [-0.05, 0) is 53.0 Å². The van der Waals surface area contributed by atoms with Gasteiger partial charge in [-0.25, -0.2) is 4.39 Å². The van der Waals surface area contributed by atoms with E-state index >= 15 is 0 Å². The van der Waals surface area contributed by atoms with Gasteiger partial charge >= 0.3 is 0 Å². The van der Waals surface area contributed by atoms with Crippen LogP contribution < -0.4 is 11.3 Å². The minimum atomic E-state index is -0.268. The number of hydrazine groups is 1. The van der Waals surface area contributed by atoms with Crippen LogP contribution in [0.2, 0.25) is 0 Å². The fraction of sp³-hybridized carbons (Fsp3) is 0.231. The summed E-state index contributed by atoms with van der Waals surface area (Å²) in [5.74, 6) is 6.12. The molecule has 3 N–H and O–H groups in total. The predicted molar refractivity (Wildman–Crippen MR) is 71.3 cm³/mol. The summed E-state index contributed by atoms with van der Waals surface area (Å²) in [7, 11) is 0. The van der Waals surface area contributed by atoms with Crippen LogP contribution in [0.15, 0.2) is 39.4 Å². The van der Waals surface area contributed by atoms with Crippen molar-refractivity contribution in [2.75, 3.05) is 0 Å². The SMILES string of the molecule is Cc1cc(C(Cc2ccc(F)c(Br)c2)NN)co1. The lowest BCUT2D eigenvalue weighted by molar-refractivity contribution is 0.511. The van der Waals surface area contributed by atoms with Crippen molar-refractivity contribution < 1.29 is 8.81 Å². The van der Waals surface area contributed by atoms with E-state index in [0.29, 0.717) is 10.9 Å². The zero-order chi connectivity index (χ0) is 13.1. The van der Waals surface area contributed by atoms with E-state index in [9.17, 15) is 4.39 Å². The van der Waals surface area contributed by atoms with Gasteiger partial charge in [-0.2, -0.15) is 0 Å². The first-order valence-corrected chi connectivity index (χ1v) is 6.34. The molecule has 0 fully saturated rings. The molecule has 1 heterocycles. The van der Waals surface area contributed by atoms with Gasteiger partial charge < -0.3 is 4.42 Å². The molecule has 0 aliphatic heterocycles. The highest BCUT2D eigenvalue weighted by Gasteiger charge is 2.13. The molecule has 2 rings (SSSR count). The lowest BCUT2D eigenvalue weighted by Crippen LogP contribution is -2.29. The minimum absolute atomic E-state index is 0.0557. The Bertz CT molecular complexity index is 542. The van der Waals surface area contributed by atoms with E-state index in [2.05, 4.69) is 21.4 Å². The van der Waals surface area contributed by atoms with Crippen molar-refractivity contribution >= 4 is 15.9 Å². The lowest BCUT2D eigenvalue weighted by atomic mass is 10.0. The van der Waals surface area contributed by atoms with Gasteiger partial charge in [0.25, 0.3) is 0 Å². The van der Waals surface area contributed by atoms with Crippen LogP contribution in [0.4, 0.5) is 4.39 Å². The molecule has 0 bridgehead atoms. The molecular weight excluding hydrogens is 299 g/mol. The summed E-state index contributed by atoms with van der Waals surface area (Å²) < 4.78 is 18.9. The van der Waals surface area contributed by atoms with E-state index in [1.165, 1.54) is 6.07 Å². The third-order valence-corrected chi connectivity index (χ3v) is 3.39. The maximum absolute atomic E-state index is 13.1. The fourth-order valence-electron chi connectivity index (χ4n) is 1.82. The Hall–Kier alpha value is -1.17. The number of benzene rings is 1. The highest BCUT2D eigenvalue weighted by molar-refractivity contribution is 9.10. The zero-order valence-electron chi connectivity index (χ0n) is 9.91. The molecule has 0 aliphatic carbocycles. The molecule has 0 saturated carbocycles. The number of rotatable bonds is 4. The summed E-state index contributed by atoms with van der Waals surface area (Å²) in [6.45, 7) is 1.88. The average molecular weight is 313 g/mol. The molecular formula is C13H14BrFN2O. The fourth-order valence-corrected chi connectivity index (χ4v) is 2.25. The molecule has 0 spiro atoms. The second-order valence-electron chi connectivity index (χ2n) is 4.16. The van der Waals surface area contributed by atoms with E-state index < -0.39 is 0 Å². The Kier molecular flexibility index (Phi) is 4.16. The van der Waals surface area contributed by atoms with E-state index in [4.69, 9.17) is 10.3 Å². The van der Waals surface area contributed by atoms with Crippen LogP contribution in [0.1, 0.15) is 22.9 Å². The molecule has 18 heavy (non-hydrogen) atoms. The van der Waals surface area contributed by atoms with E-state index in [-0.39, 0.29) is 11.9 Å². The molecule has 0 radical (unpaired) electrons. The molecule has 0 amide bonds. The van der Waals surface area contributed by atoms with Gasteiger partial charge in [0, 0.05) is 5.56 Å². The molecule has 96 valence electrons. The van der Waals surface area contributed by atoms with Crippen LogP contribution in [-0.4, -0.2) is 0 Å². The Morgan fingerprint density at radius 1 is 1.44 bits per heavy atom. The van der Waals surface area contributed by atoms with Gasteiger partial charge in [-0.15, -0.1) is 0 Å². The second kappa shape index (κ2) is 5.65. The third-order valence-electron chi connectivity index (χ3n) is 2.78. The van der Waals surface area contributed by atoms with Gasteiger partial charge in [-0.1, -0.05) is 6.07 Å². The average Bonchev–Trinajstić information content (AvgIpc) is 2.77. The van der Waals surface area contributed by atoms with Crippen molar-refractivity contribution in [1.82, 2.24) is 5.43 Å². The Morgan fingerprint density at radius 2 is 2.22 bits per heavy atom. The molecule has 5 heteroatoms. The summed E-state index contributed by atoms with van der Waals surface area (Å²) in [6, 6.07) is 6.82. The van der Waals surface area contributed by atoms with Crippen LogP contribution in [-0.2, 0) is 6.42 Å². The van der Waals surface area contributed by atoms with E-state index in [1.54, 1.807) is 18.4 Å². The number of halogens is 2. The summed E-state index contributed by atoms with van der Waals surface area (Å²) in [4.78, 5) is 0. The number of furan rings is 1.